The Kier molecular flexibility index (Phi) is 7.26. The third kappa shape index (κ3) is 5.12. The van der Waals surface area contributed by atoms with Crippen LogP contribution in [0.15, 0.2) is 218 Å². The lowest BCUT2D eigenvalue weighted by molar-refractivity contribution is 1.19. The Morgan fingerprint density at radius 1 is 0.293 bits per heavy atom. The van der Waals surface area contributed by atoms with E-state index in [1.54, 1.807) is 0 Å². The van der Waals surface area contributed by atoms with Gasteiger partial charge in [-0.1, -0.05) is 140 Å². The Labute approximate surface area is 337 Å². The van der Waals surface area contributed by atoms with E-state index in [9.17, 15) is 0 Å². The predicted octanol–water partition coefficient (Wildman–Crippen LogP) is 15.5. The molecular formula is C56H36N2. The minimum Gasteiger partial charge on any atom is -0.310 e. The molecule has 1 aliphatic rings. The molecule has 0 spiro atoms. The second kappa shape index (κ2) is 12.9. The normalized spacial score (nSPS) is 11.8. The van der Waals surface area contributed by atoms with Crippen LogP contribution in [0, 0.1) is 0 Å². The van der Waals surface area contributed by atoms with Crippen molar-refractivity contribution in [1.29, 1.82) is 0 Å². The van der Waals surface area contributed by atoms with Gasteiger partial charge in [-0.2, -0.15) is 0 Å². The first-order valence-corrected chi connectivity index (χ1v) is 20.0. The van der Waals surface area contributed by atoms with Gasteiger partial charge in [-0.25, -0.2) is 0 Å². The number of anilines is 3. The van der Waals surface area contributed by atoms with Crippen LogP contribution in [0.4, 0.5) is 17.1 Å². The second-order valence-electron chi connectivity index (χ2n) is 15.4. The molecule has 11 aromatic rings. The lowest BCUT2D eigenvalue weighted by Gasteiger charge is -2.29. The molecule has 0 saturated heterocycles. The van der Waals surface area contributed by atoms with Gasteiger partial charge in [-0.3, -0.25) is 0 Å². The van der Waals surface area contributed by atoms with Crippen molar-refractivity contribution in [1.82, 2.24) is 4.57 Å². The van der Waals surface area contributed by atoms with Crippen LogP contribution < -0.4 is 4.90 Å². The molecule has 0 amide bonds. The minimum atomic E-state index is 1.12. The first-order chi connectivity index (χ1) is 28.7. The summed E-state index contributed by atoms with van der Waals surface area (Å²) in [5.41, 5.74) is 17.1. The molecule has 0 saturated carbocycles. The largest absolute Gasteiger partial charge is 0.310 e. The molecule has 2 nitrogen and oxygen atoms in total. The van der Waals surface area contributed by atoms with E-state index < -0.39 is 0 Å². The van der Waals surface area contributed by atoms with Crippen molar-refractivity contribution in [3.05, 3.63) is 218 Å². The quantitative estimate of drug-likeness (QED) is 0.165. The molecule has 0 atom stereocenters. The van der Waals surface area contributed by atoms with Crippen LogP contribution in [0.1, 0.15) is 0 Å². The standard InChI is InChI=1S/C56H36N2/c1-4-14-37(15-5-1)41-26-29-47(38-16-6-2-7-17-38)56(36-41)57(44-18-8-3-9-19-44)45-27-24-39-32-50-52(34-42(39)30-45)51-33-40-25-28-46(31-43(40)35-53(50)51)58-54-22-12-10-20-48(54)49-21-11-13-23-55(49)58/h1-36H. The van der Waals surface area contributed by atoms with Crippen LogP contribution in [0.5, 0.6) is 0 Å². The van der Waals surface area contributed by atoms with Crippen LogP contribution in [-0.2, 0) is 0 Å². The first-order valence-electron chi connectivity index (χ1n) is 20.0. The molecule has 58 heavy (non-hydrogen) atoms. The number of hydrogen-bond donors (Lipinski definition) is 0. The van der Waals surface area contributed by atoms with E-state index in [0.29, 0.717) is 0 Å². The Morgan fingerprint density at radius 3 is 1.45 bits per heavy atom. The molecule has 1 heterocycles. The van der Waals surface area contributed by atoms with Gasteiger partial charge in [0.25, 0.3) is 0 Å². The van der Waals surface area contributed by atoms with E-state index in [1.165, 1.54) is 93.5 Å². The zero-order valence-corrected chi connectivity index (χ0v) is 31.7. The molecule has 1 aromatic heterocycles. The lowest BCUT2D eigenvalue weighted by atomic mass is 9.78. The smallest absolute Gasteiger partial charge is 0.0546 e. The predicted molar refractivity (Wildman–Crippen MR) is 246 cm³/mol. The summed E-state index contributed by atoms with van der Waals surface area (Å²) in [4.78, 5) is 2.42. The first kappa shape index (κ1) is 32.6. The Balaban J connectivity index is 0.975. The van der Waals surface area contributed by atoms with Crippen LogP contribution in [0.2, 0.25) is 0 Å². The number of hydrogen-bond acceptors (Lipinski definition) is 1. The summed E-state index contributed by atoms with van der Waals surface area (Å²) in [6, 6.07) is 79.9. The summed E-state index contributed by atoms with van der Waals surface area (Å²) < 4.78 is 2.40. The molecular weight excluding hydrogens is 701 g/mol. The minimum absolute atomic E-state index is 1.12. The Hall–Kier alpha value is -7.68. The number of fused-ring (bicyclic) bond motifs is 9. The number of aromatic nitrogens is 1. The molecule has 270 valence electrons. The highest BCUT2D eigenvalue weighted by Gasteiger charge is 2.25. The molecule has 0 bridgehead atoms. The van der Waals surface area contributed by atoms with Crippen molar-refractivity contribution in [2.75, 3.05) is 4.90 Å². The van der Waals surface area contributed by atoms with E-state index in [2.05, 4.69) is 228 Å². The van der Waals surface area contributed by atoms with E-state index in [-0.39, 0.29) is 0 Å². The molecule has 12 rings (SSSR count). The van der Waals surface area contributed by atoms with Gasteiger partial charge in [0.05, 0.1) is 16.7 Å². The highest BCUT2D eigenvalue weighted by atomic mass is 15.1. The van der Waals surface area contributed by atoms with Crippen LogP contribution in [0.3, 0.4) is 0 Å². The average Bonchev–Trinajstić information content (AvgIpc) is 3.63. The second-order valence-corrected chi connectivity index (χ2v) is 15.4. The molecule has 10 aromatic carbocycles. The Bertz CT molecular complexity index is 3330. The van der Waals surface area contributed by atoms with Crippen molar-refractivity contribution < 1.29 is 0 Å². The van der Waals surface area contributed by atoms with Gasteiger partial charge in [0.2, 0.25) is 0 Å². The summed E-state index contributed by atoms with van der Waals surface area (Å²) in [6.07, 6.45) is 0. The molecule has 0 unspecified atom stereocenters. The summed E-state index contributed by atoms with van der Waals surface area (Å²) >= 11 is 0. The monoisotopic (exact) mass is 736 g/mol. The third-order valence-electron chi connectivity index (χ3n) is 12.0. The van der Waals surface area contributed by atoms with E-state index in [1.807, 2.05) is 0 Å². The van der Waals surface area contributed by atoms with Crippen LogP contribution in [0.25, 0.3) is 93.5 Å². The number of nitrogens with zero attached hydrogens (tertiary/aromatic N) is 2. The van der Waals surface area contributed by atoms with Crippen molar-refractivity contribution >= 4 is 60.4 Å². The summed E-state index contributed by atoms with van der Waals surface area (Å²) in [5.74, 6) is 0. The molecule has 0 N–H and O–H groups in total. The van der Waals surface area contributed by atoms with Crippen molar-refractivity contribution in [3.8, 4) is 50.2 Å². The number of benzene rings is 10. The maximum absolute atomic E-state index is 2.42. The van der Waals surface area contributed by atoms with Gasteiger partial charge in [0, 0.05) is 33.4 Å². The van der Waals surface area contributed by atoms with Gasteiger partial charge in [0.15, 0.2) is 0 Å². The fraction of sp³-hybridized carbons (Fsp3) is 0. The van der Waals surface area contributed by atoms with Gasteiger partial charge < -0.3 is 9.47 Å². The third-order valence-corrected chi connectivity index (χ3v) is 12.0. The molecule has 1 aliphatic carbocycles. The Morgan fingerprint density at radius 2 is 0.810 bits per heavy atom. The van der Waals surface area contributed by atoms with Gasteiger partial charge >= 0.3 is 0 Å². The van der Waals surface area contributed by atoms with E-state index in [4.69, 9.17) is 0 Å². The maximum Gasteiger partial charge on any atom is 0.0546 e. The molecule has 0 aliphatic heterocycles. The van der Waals surface area contributed by atoms with Gasteiger partial charge in [-0.05, 0) is 139 Å². The topological polar surface area (TPSA) is 8.17 Å². The SMILES string of the molecule is c1ccc(-c2ccc(-c3ccccc3)c(N(c3ccccc3)c3ccc4cc5c(cc4c3)-c3cc4ccc(-n6c7ccccc7c7ccccc76)cc4cc3-5)c2)cc1. The fourth-order valence-corrected chi connectivity index (χ4v) is 9.27. The highest BCUT2D eigenvalue weighted by Crippen LogP contribution is 2.51. The number of para-hydroxylation sites is 3. The van der Waals surface area contributed by atoms with E-state index >= 15 is 0 Å². The van der Waals surface area contributed by atoms with Gasteiger partial charge in [0.1, 0.15) is 0 Å². The van der Waals surface area contributed by atoms with E-state index in [0.717, 1.165) is 17.1 Å². The fourth-order valence-electron chi connectivity index (χ4n) is 9.27. The maximum atomic E-state index is 2.42. The molecule has 0 fully saturated rings. The zero-order chi connectivity index (χ0) is 38.2. The van der Waals surface area contributed by atoms with Crippen LogP contribution >= 0.6 is 0 Å². The van der Waals surface area contributed by atoms with Crippen LogP contribution in [-0.4, -0.2) is 4.57 Å². The lowest BCUT2D eigenvalue weighted by Crippen LogP contribution is -2.11. The average molecular weight is 737 g/mol. The summed E-state index contributed by atoms with van der Waals surface area (Å²) in [6.45, 7) is 0. The molecule has 0 radical (unpaired) electrons. The highest BCUT2D eigenvalue weighted by molar-refractivity contribution is 6.13. The molecule has 2 heteroatoms. The summed E-state index contributed by atoms with van der Waals surface area (Å²) in [5, 5.41) is 7.54. The van der Waals surface area contributed by atoms with Crippen molar-refractivity contribution in [3.63, 3.8) is 0 Å². The number of rotatable bonds is 6. The zero-order valence-electron chi connectivity index (χ0n) is 31.7. The van der Waals surface area contributed by atoms with Crippen molar-refractivity contribution in [2.24, 2.45) is 0 Å². The van der Waals surface area contributed by atoms with Crippen molar-refractivity contribution in [2.45, 2.75) is 0 Å². The van der Waals surface area contributed by atoms with Gasteiger partial charge in [-0.15, -0.1) is 0 Å². The summed E-state index contributed by atoms with van der Waals surface area (Å²) in [7, 11) is 0.